The van der Waals surface area contributed by atoms with Crippen molar-refractivity contribution in [3.8, 4) is 0 Å². The van der Waals surface area contributed by atoms with Crippen molar-refractivity contribution >= 4 is 5.91 Å². The number of hydrogen-bond donors (Lipinski definition) is 3. The fourth-order valence-corrected chi connectivity index (χ4v) is 4.61. The van der Waals surface area contributed by atoms with Crippen molar-refractivity contribution in [3.63, 3.8) is 0 Å². The molecule has 3 fully saturated rings. The lowest BCUT2D eigenvalue weighted by Gasteiger charge is -2.54. The van der Waals surface area contributed by atoms with Crippen LogP contribution in [0.3, 0.4) is 0 Å². The van der Waals surface area contributed by atoms with Crippen LogP contribution in [0, 0.1) is 12.8 Å². The van der Waals surface area contributed by atoms with Gasteiger partial charge >= 0.3 is 0 Å². The fraction of sp³-hybridized carbons (Fsp3) is 0.842. The van der Waals surface area contributed by atoms with Gasteiger partial charge in [0.25, 0.3) is 0 Å². The Morgan fingerprint density at radius 1 is 1.37 bits per heavy atom. The van der Waals surface area contributed by atoms with E-state index in [0.717, 1.165) is 56.8 Å². The number of aliphatic hydroxyl groups is 1. The van der Waals surface area contributed by atoms with E-state index in [0.29, 0.717) is 19.6 Å². The summed E-state index contributed by atoms with van der Waals surface area (Å²) in [5, 5.41) is 21.5. The molecule has 0 bridgehead atoms. The minimum Gasteiger partial charge on any atom is -0.388 e. The zero-order chi connectivity index (χ0) is 19.1. The highest BCUT2D eigenvalue weighted by atomic mass is 16.5. The second-order valence-electron chi connectivity index (χ2n) is 8.71. The van der Waals surface area contributed by atoms with E-state index >= 15 is 0 Å². The molecule has 3 aliphatic rings. The predicted octanol–water partition coefficient (Wildman–Crippen LogP) is 0.904. The third-order valence-electron chi connectivity index (χ3n) is 6.71. The lowest BCUT2D eigenvalue weighted by molar-refractivity contribution is -0.208. The smallest absolute Gasteiger partial charge is 0.223 e. The highest BCUT2D eigenvalue weighted by molar-refractivity contribution is 5.80. The summed E-state index contributed by atoms with van der Waals surface area (Å²) in [5.74, 6) is 1.84. The lowest BCUT2D eigenvalue weighted by atomic mass is 9.72. The number of rotatable bonds is 4. The van der Waals surface area contributed by atoms with Crippen LogP contribution < -0.4 is 5.32 Å². The van der Waals surface area contributed by atoms with Crippen LogP contribution in [0.2, 0.25) is 0 Å². The van der Waals surface area contributed by atoms with Crippen molar-refractivity contribution in [1.82, 2.24) is 25.4 Å². The number of ether oxygens (including phenoxy) is 1. The first-order chi connectivity index (χ1) is 12.9. The number of carbonyl (C=O) groups excluding carboxylic acids is 1. The van der Waals surface area contributed by atoms with Gasteiger partial charge in [0.15, 0.2) is 5.82 Å². The van der Waals surface area contributed by atoms with Gasteiger partial charge < -0.3 is 15.2 Å². The van der Waals surface area contributed by atoms with Crippen molar-refractivity contribution in [2.24, 2.45) is 5.92 Å². The first-order valence-electron chi connectivity index (χ1n) is 10.1. The van der Waals surface area contributed by atoms with Crippen molar-refractivity contribution in [2.75, 3.05) is 19.7 Å². The molecule has 0 radical (unpaired) electrons. The number of aromatic amines is 1. The van der Waals surface area contributed by atoms with Gasteiger partial charge in [-0.1, -0.05) is 6.42 Å². The average Bonchev–Trinajstić information content (AvgIpc) is 2.98. The zero-order valence-electron chi connectivity index (χ0n) is 16.3. The number of hydrogen-bond acceptors (Lipinski definition) is 6. The van der Waals surface area contributed by atoms with Crippen molar-refractivity contribution in [3.05, 3.63) is 11.6 Å². The fourth-order valence-electron chi connectivity index (χ4n) is 4.61. The molecule has 2 atom stereocenters. The number of aromatic nitrogens is 3. The third-order valence-corrected chi connectivity index (χ3v) is 6.71. The highest BCUT2D eigenvalue weighted by Crippen LogP contribution is 2.40. The summed E-state index contributed by atoms with van der Waals surface area (Å²) in [6.45, 7) is 6.77. The van der Waals surface area contributed by atoms with E-state index in [1.165, 1.54) is 0 Å². The number of likely N-dealkylation sites (tertiary alicyclic amines) is 1. The summed E-state index contributed by atoms with van der Waals surface area (Å²) < 4.78 is 6.13. The topological polar surface area (TPSA) is 103 Å². The number of H-pyrrole nitrogens is 1. The Hall–Kier alpha value is -1.51. The van der Waals surface area contributed by atoms with Gasteiger partial charge in [0, 0.05) is 25.6 Å². The Bertz CT molecular complexity index is 681. The van der Waals surface area contributed by atoms with E-state index in [4.69, 9.17) is 4.74 Å². The first kappa shape index (κ1) is 18.8. The first-order valence-corrected chi connectivity index (χ1v) is 10.1. The van der Waals surface area contributed by atoms with E-state index in [-0.39, 0.29) is 11.8 Å². The maximum Gasteiger partial charge on any atom is 0.223 e. The maximum atomic E-state index is 12.5. The molecule has 1 aromatic rings. The van der Waals surface area contributed by atoms with Gasteiger partial charge in [0.05, 0.1) is 17.7 Å². The Kier molecular flexibility index (Phi) is 4.98. The standard InChI is InChI=1S/C19H31N5O3/c1-13-20-15(23-22-13)12-24-9-6-19(7-10-24)17(26)18(2,8-11-27-19)21-16(25)14-4-3-5-14/h14,17,26H,3-12H2,1-2H3,(H,21,25)(H,20,22,23)/t17-,18+/m0/s1. The Labute approximate surface area is 160 Å². The molecule has 1 aromatic heterocycles. The van der Waals surface area contributed by atoms with Crippen molar-refractivity contribution in [1.29, 1.82) is 0 Å². The van der Waals surface area contributed by atoms with Crippen LogP contribution in [0.4, 0.5) is 0 Å². The molecule has 1 amide bonds. The molecule has 1 aliphatic carbocycles. The Balaban J connectivity index is 1.38. The number of nitrogens with one attached hydrogen (secondary N) is 2. The van der Waals surface area contributed by atoms with Crippen LogP contribution in [0.25, 0.3) is 0 Å². The SMILES string of the molecule is Cc1nc(CN2CCC3(CC2)OCC[C@@](C)(NC(=O)C2CCC2)[C@@H]3O)n[nH]1. The minimum atomic E-state index is -0.698. The monoisotopic (exact) mass is 377 g/mol. The Morgan fingerprint density at radius 2 is 2.11 bits per heavy atom. The molecule has 3 N–H and O–H groups in total. The maximum absolute atomic E-state index is 12.5. The predicted molar refractivity (Wildman–Crippen MR) is 98.8 cm³/mol. The molecule has 1 saturated carbocycles. The van der Waals surface area contributed by atoms with Crippen LogP contribution in [-0.4, -0.2) is 68.0 Å². The number of piperidine rings is 1. The summed E-state index contributed by atoms with van der Waals surface area (Å²) in [4.78, 5) is 19.2. The van der Waals surface area contributed by atoms with Gasteiger partial charge in [-0.3, -0.25) is 14.8 Å². The number of nitrogens with zero attached hydrogens (tertiary/aromatic N) is 3. The summed E-state index contributed by atoms with van der Waals surface area (Å²) in [5.41, 5.74) is -1.20. The molecule has 2 saturated heterocycles. The molecular formula is C19H31N5O3. The number of aryl methyl sites for hydroxylation is 1. The van der Waals surface area contributed by atoms with E-state index in [1.54, 1.807) is 0 Å². The van der Waals surface area contributed by atoms with Gasteiger partial charge in [-0.15, -0.1) is 0 Å². The number of carbonyl (C=O) groups is 1. The van der Waals surface area contributed by atoms with E-state index in [1.807, 2.05) is 13.8 Å². The molecule has 8 nitrogen and oxygen atoms in total. The van der Waals surface area contributed by atoms with E-state index in [2.05, 4.69) is 25.4 Å². The molecule has 0 aromatic carbocycles. The normalized spacial score (nSPS) is 31.6. The molecular weight excluding hydrogens is 346 g/mol. The molecule has 0 unspecified atom stereocenters. The second kappa shape index (κ2) is 7.14. The third kappa shape index (κ3) is 3.62. The molecule has 2 aliphatic heterocycles. The van der Waals surface area contributed by atoms with Gasteiger partial charge in [-0.2, -0.15) is 5.10 Å². The summed E-state index contributed by atoms with van der Waals surface area (Å²) in [6, 6.07) is 0. The number of aliphatic hydroxyl groups excluding tert-OH is 1. The summed E-state index contributed by atoms with van der Waals surface area (Å²) in [7, 11) is 0. The lowest BCUT2D eigenvalue weighted by Crippen LogP contribution is -2.69. The van der Waals surface area contributed by atoms with Crippen LogP contribution >= 0.6 is 0 Å². The van der Waals surface area contributed by atoms with Gasteiger partial charge in [0.2, 0.25) is 5.91 Å². The van der Waals surface area contributed by atoms with Crippen LogP contribution in [-0.2, 0) is 16.1 Å². The molecule has 4 rings (SSSR count). The van der Waals surface area contributed by atoms with Crippen LogP contribution in [0.15, 0.2) is 0 Å². The average molecular weight is 377 g/mol. The van der Waals surface area contributed by atoms with Crippen LogP contribution in [0.1, 0.15) is 57.1 Å². The summed E-state index contributed by atoms with van der Waals surface area (Å²) >= 11 is 0. The van der Waals surface area contributed by atoms with E-state index in [9.17, 15) is 9.90 Å². The summed E-state index contributed by atoms with van der Waals surface area (Å²) in [6.07, 6.45) is 4.50. The van der Waals surface area contributed by atoms with Gasteiger partial charge in [-0.25, -0.2) is 4.98 Å². The number of amides is 1. The molecule has 8 heteroatoms. The van der Waals surface area contributed by atoms with Gasteiger partial charge in [-0.05, 0) is 46.0 Å². The zero-order valence-corrected chi connectivity index (χ0v) is 16.3. The largest absolute Gasteiger partial charge is 0.388 e. The molecule has 3 heterocycles. The quantitative estimate of drug-likeness (QED) is 0.720. The van der Waals surface area contributed by atoms with Crippen molar-refractivity contribution < 1.29 is 14.6 Å². The van der Waals surface area contributed by atoms with E-state index < -0.39 is 17.2 Å². The molecule has 27 heavy (non-hydrogen) atoms. The van der Waals surface area contributed by atoms with Gasteiger partial charge in [0.1, 0.15) is 11.9 Å². The minimum absolute atomic E-state index is 0.0947. The molecule has 1 spiro atoms. The Morgan fingerprint density at radius 3 is 2.70 bits per heavy atom. The molecule has 150 valence electrons. The highest BCUT2D eigenvalue weighted by Gasteiger charge is 2.54. The van der Waals surface area contributed by atoms with Crippen LogP contribution in [0.5, 0.6) is 0 Å². The van der Waals surface area contributed by atoms with Crippen molar-refractivity contribution in [2.45, 2.75) is 76.2 Å². The second-order valence-corrected chi connectivity index (χ2v) is 8.71.